The van der Waals surface area contributed by atoms with E-state index in [-0.39, 0.29) is 63.2 Å². The molecule has 0 saturated carbocycles. The Labute approximate surface area is 398 Å². The molecule has 1 fully saturated rings. The molecule has 2 aromatic heterocycles. The highest BCUT2D eigenvalue weighted by molar-refractivity contribution is 7.80. The molecule has 21 nitrogen and oxygen atoms in total. The molecule has 360 valence electrons. The number of nitrogens with two attached hydrogens (primary N) is 2. The molecule has 5 aromatic rings. The number of nitrogens with zero attached hydrogens (tertiary/aromatic N) is 4. The zero-order valence-electron chi connectivity index (χ0n) is 36.6. The van der Waals surface area contributed by atoms with Crippen molar-refractivity contribution in [3.8, 4) is 28.2 Å². The zero-order valence-corrected chi connectivity index (χ0v) is 38.3. The second-order valence-corrected chi connectivity index (χ2v) is 18.3. The van der Waals surface area contributed by atoms with Crippen LogP contribution in [0.1, 0.15) is 47.8 Å². The Bertz CT molecular complexity index is 3080. The number of phenols is 1. The quantitative estimate of drug-likeness (QED) is 0.0230. The normalized spacial score (nSPS) is 18.2. The minimum Gasteiger partial charge on any atom is -0.508 e. The van der Waals surface area contributed by atoms with E-state index in [2.05, 4.69) is 30.7 Å². The average Bonchev–Trinajstić information content (AvgIpc) is 3.88. The van der Waals surface area contributed by atoms with Gasteiger partial charge in [-0.3, -0.25) is 28.3 Å². The van der Waals surface area contributed by atoms with Crippen LogP contribution in [0.4, 0.5) is 11.5 Å². The number of anilines is 2. The van der Waals surface area contributed by atoms with E-state index < -0.39 is 56.8 Å². The Hall–Kier alpha value is -6.88. The molecular formula is C46H48N9O12PS. The van der Waals surface area contributed by atoms with Gasteiger partial charge in [0, 0.05) is 40.9 Å². The van der Waals surface area contributed by atoms with Gasteiger partial charge in [-0.05, 0) is 79.0 Å². The van der Waals surface area contributed by atoms with Crippen LogP contribution in [0.3, 0.4) is 0 Å². The van der Waals surface area contributed by atoms with Crippen molar-refractivity contribution < 1.29 is 52.8 Å². The van der Waals surface area contributed by atoms with Gasteiger partial charge in [-0.2, -0.15) is 0 Å². The number of aliphatic hydroxyl groups is 2. The number of rotatable bonds is 19. The Morgan fingerprint density at radius 1 is 0.928 bits per heavy atom. The number of unbranched alkanes of at least 4 members (excludes halogenated alkanes) is 3. The Balaban J connectivity index is 0.840. The smallest absolute Gasteiger partial charge is 0.435 e. The molecule has 69 heavy (non-hydrogen) atoms. The lowest BCUT2D eigenvalue weighted by molar-refractivity contribution is -0.121. The zero-order chi connectivity index (χ0) is 48.8. The number of hydrogen-bond donors (Lipinski definition) is 9. The molecule has 8 rings (SSSR count). The summed E-state index contributed by atoms with van der Waals surface area (Å²) in [7, 11) is -4.43. The number of benzene rings is 4. The summed E-state index contributed by atoms with van der Waals surface area (Å²) in [6.07, 6.45) is -0.327. The fourth-order valence-corrected chi connectivity index (χ4v) is 9.49. The van der Waals surface area contributed by atoms with Gasteiger partial charge in [0.15, 0.2) is 28.2 Å². The van der Waals surface area contributed by atoms with Crippen LogP contribution in [0.25, 0.3) is 44.6 Å². The number of amides is 1. The minimum absolute atomic E-state index is 0.0406. The predicted octanol–water partition coefficient (Wildman–Crippen LogP) is 4.68. The number of aliphatic hydroxyl groups excluding tert-OH is 2. The second kappa shape index (κ2) is 21.2. The summed E-state index contributed by atoms with van der Waals surface area (Å²) >= 11 is 5.50. The number of carbonyl (C=O) groups is 2. The number of hydrogen-bond acceptors (Lipinski definition) is 17. The van der Waals surface area contributed by atoms with Gasteiger partial charge in [-0.1, -0.05) is 49.2 Å². The molecular weight excluding hydrogens is 934 g/mol. The van der Waals surface area contributed by atoms with Crippen molar-refractivity contribution in [2.45, 2.75) is 62.7 Å². The van der Waals surface area contributed by atoms with E-state index in [0.29, 0.717) is 60.0 Å². The number of aromatic carboxylic acids is 1. The number of nitrogens with one attached hydrogen (secondary N) is 3. The molecule has 23 heteroatoms. The van der Waals surface area contributed by atoms with Crippen LogP contribution in [0.15, 0.2) is 107 Å². The van der Waals surface area contributed by atoms with Crippen molar-refractivity contribution in [3.05, 3.63) is 119 Å². The van der Waals surface area contributed by atoms with Crippen molar-refractivity contribution in [3.63, 3.8) is 0 Å². The lowest BCUT2D eigenvalue weighted by atomic mass is 9.90. The van der Waals surface area contributed by atoms with E-state index in [1.165, 1.54) is 47.6 Å². The van der Waals surface area contributed by atoms with Crippen LogP contribution in [-0.2, 0) is 29.6 Å². The standard InChI is InChI=1S/C46H48N9O12PS/c47-33(18-25-8-4-3-5-9-25)43(60)54-68(63,65-22-36-39(58)40(59)44(67-36)55-24-52-38-41(48)50-23-51-42(38)55)64-17-7-2-1-6-16-49-46(69)53-26-10-13-29(32(19-26)45(61)62)37-30-14-11-27(56)20-34(30)66-35-21-28(57)12-15-31(35)37/h3-5,8-15,19-21,23-24,33,36,39-40,44,56,58-59H,1-2,6-7,16-18,22,47H2,(H,61,62)(H2,48,50,51)(H2,49,53,69)(H,54,60,63)/t33-,36+,39+,40+,44+,68?/m0/s1. The van der Waals surface area contributed by atoms with Crippen LogP contribution >= 0.6 is 20.0 Å². The molecule has 1 amide bonds. The van der Waals surface area contributed by atoms with Crippen molar-refractivity contribution in [2.24, 2.45) is 5.73 Å². The molecule has 2 aliphatic heterocycles. The molecule has 3 aromatic carbocycles. The fourth-order valence-electron chi connectivity index (χ4n) is 7.91. The van der Waals surface area contributed by atoms with Gasteiger partial charge in [-0.25, -0.2) is 24.3 Å². The summed E-state index contributed by atoms with van der Waals surface area (Å²) in [6, 6.07) is 21.4. The minimum atomic E-state index is -4.43. The Morgan fingerprint density at radius 3 is 2.51 bits per heavy atom. The molecule has 1 unspecified atom stereocenters. The highest BCUT2D eigenvalue weighted by Gasteiger charge is 2.46. The first-order valence-electron chi connectivity index (χ1n) is 21.8. The molecule has 0 radical (unpaired) electrons. The molecule has 4 heterocycles. The Morgan fingerprint density at radius 2 is 1.71 bits per heavy atom. The maximum Gasteiger partial charge on any atom is 0.435 e. The molecule has 6 atom stereocenters. The molecule has 1 saturated heterocycles. The number of carbonyl (C=O) groups excluding carboxylic acids is 1. The van der Waals surface area contributed by atoms with E-state index in [0.717, 1.165) is 5.56 Å². The molecule has 1 aliphatic carbocycles. The van der Waals surface area contributed by atoms with Gasteiger partial charge < -0.3 is 51.7 Å². The predicted molar refractivity (Wildman–Crippen MR) is 257 cm³/mol. The number of phenolic OH excluding ortho intramolecular Hbond substituents is 1. The van der Waals surface area contributed by atoms with Gasteiger partial charge in [0.1, 0.15) is 47.2 Å². The van der Waals surface area contributed by atoms with E-state index in [1.807, 2.05) is 6.07 Å². The van der Waals surface area contributed by atoms with Crippen molar-refractivity contribution in [1.29, 1.82) is 0 Å². The summed E-state index contributed by atoms with van der Waals surface area (Å²) < 4.78 is 38.7. The lowest BCUT2D eigenvalue weighted by Crippen LogP contribution is -2.41. The monoisotopic (exact) mass is 981 g/mol. The van der Waals surface area contributed by atoms with E-state index in [9.17, 15) is 39.4 Å². The average molecular weight is 982 g/mol. The SMILES string of the molecule is Nc1ncnc2c1ncn2[C@@H]1O[C@H](COP(=O)(NC(=O)[C@@H](N)Cc2ccccc2)OCCCCCCNC(=S)Nc2ccc(-c3c4ccc(=O)cc-4oc4cc(O)ccc34)c(C(=O)O)c2)[C@@H](O)[C@H]1O. The molecule has 0 bridgehead atoms. The van der Waals surface area contributed by atoms with E-state index >= 15 is 0 Å². The van der Waals surface area contributed by atoms with Crippen LogP contribution in [0.2, 0.25) is 0 Å². The van der Waals surface area contributed by atoms with Crippen LogP contribution in [0, 0.1) is 0 Å². The van der Waals surface area contributed by atoms with Crippen LogP contribution < -0.4 is 32.6 Å². The van der Waals surface area contributed by atoms with Crippen molar-refractivity contribution >= 4 is 70.6 Å². The second-order valence-electron chi connectivity index (χ2n) is 16.2. The number of aromatic hydroxyl groups is 1. The maximum absolute atomic E-state index is 14.1. The topological polar surface area (TPSA) is 322 Å². The summed E-state index contributed by atoms with van der Waals surface area (Å²) in [5, 5.41) is 51.5. The fraction of sp³-hybridized carbons (Fsp3) is 0.283. The van der Waals surface area contributed by atoms with E-state index in [1.54, 1.807) is 48.5 Å². The largest absolute Gasteiger partial charge is 0.508 e. The third kappa shape index (κ3) is 11.2. The summed E-state index contributed by atoms with van der Waals surface area (Å²) in [5.74, 6) is -1.71. The number of thiocarbonyl (C=S) groups is 1. The van der Waals surface area contributed by atoms with E-state index in [4.69, 9.17) is 41.9 Å². The number of imidazole rings is 1. The molecule has 0 spiro atoms. The number of aromatic nitrogens is 4. The van der Waals surface area contributed by atoms with Crippen molar-refractivity contribution in [2.75, 3.05) is 30.8 Å². The number of carboxylic acid groups (broad SMARTS) is 1. The van der Waals surface area contributed by atoms with Crippen molar-refractivity contribution in [1.82, 2.24) is 29.9 Å². The lowest BCUT2D eigenvalue weighted by Gasteiger charge is -2.23. The third-order valence-corrected chi connectivity index (χ3v) is 13.1. The van der Waals surface area contributed by atoms with Gasteiger partial charge in [0.05, 0.1) is 31.1 Å². The van der Waals surface area contributed by atoms with Gasteiger partial charge in [0.2, 0.25) is 5.91 Å². The first-order chi connectivity index (χ1) is 33.2. The highest BCUT2D eigenvalue weighted by Crippen LogP contribution is 2.46. The van der Waals surface area contributed by atoms with Crippen LogP contribution in [-0.4, -0.2) is 101 Å². The summed E-state index contributed by atoms with van der Waals surface area (Å²) in [5.41, 5.74) is 15.1. The Kier molecular flexibility index (Phi) is 14.9. The first-order valence-corrected chi connectivity index (χ1v) is 23.7. The van der Waals surface area contributed by atoms with Gasteiger partial charge in [-0.15, -0.1) is 0 Å². The van der Waals surface area contributed by atoms with Crippen LogP contribution in [0.5, 0.6) is 5.75 Å². The number of ether oxygens (including phenoxy) is 1. The first kappa shape index (κ1) is 48.6. The number of nitrogen functional groups attached to an aromatic ring is 1. The number of fused-ring (bicyclic) bond motifs is 3. The number of carboxylic acids is 1. The molecule has 11 N–H and O–H groups in total. The summed E-state index contributed by atoms with van der Waals surface area (Å²) in [4.78, 5) is 50.3. The van der Waals surface area contributed by atoms with Gasteiger partial charge in [0.25, 0.3) is 0 Å². The van der Waals surface area contributed by atoms with Gasteiger partial charge >= 0.3 is 13.7 Å². The maximum atomic E-state index is 14.1. The molecule has 3 aliphatic rings. The highest BCUT2D eigenvalue weighted by atomic mass is 32.1. The third-order valence-electron chi connectivity index (χ3n) is 11.4. The summed E-state index contributed by atoms with van der Waals surface area (Å²) in [6.45, 7) is -0.188.